The van der Waals surface area contributed by atoms with Crippen LogP contribution in [0.3, 0.4) is 0 Å². The average molecular weight is 263 g/mol. The summed E-state index contributed by atoms with van der Waals surface area (Å²) in [4.78, 5) is 21.0. The molecule has 4 nitrogen and oxygen atoms in total. The van der Waals surface area contributed by atoms with Gasteiger partial charge in [0.25, 0.3) is 10.5 Å². The zero-order valence-corrected chi connectivity index (χ0v) is 9.62. The van der Waals surface area contributed by atoms with E-state index in [9.17, 15) is 9.59 Å². The maximum Gasteiger partial charge on any atom is 0.259 e. The van der Waals surface area contributed by atoms with Crippen molar-refractivity contribution in [3.63, 3.8) is 0 Å². The molecule has 0 saturated carbocycles. The summed E-state index contributed by atoms with van der Waals surface area (Å²) in [6.45, 7) is -0.534. The number of halogens is 2. The zero-order valence-electron chi connectivity index (χ0n) is 8.11. The van der Waals surface area contributed by atoms with E-state index in [-0.39, 0.29) is 13.2 Å². The molecular weight excluding hydrogens is 255 g/mol. The van der Waals surface area contributed by atoms with Crippen LogP contribution in [0.25, 0.3) is 0 Å². The summed E-state index contributed by atoms with van der Waals surface area (Å²) in [5.41, 5.74) is 0. The van der Waals surface area contributed by atoms with Gasteiger partial charge in [0.05, 0.1) is 0 Å². The molecule has 86 valence electrons. The third kappa shape index (κ3) is 4.51. The first kappa shape index (κ1) is 12.8. The van der Waals surface area contributed by atoms with Gasteiger partial charge in [0.1, 0.15) is 0 Å². The summed E-state index contributed by atoms with van der Waals surface area (Å²) in [6.07, 6.45) is 0. The molecule has 6 heteroatoms. The van der Waals surface area contributed by atoms with E-state index in [2.05, 4.69) is 0 Å². The maximum absolute atomic E-state index is 10.5. The largest absolute Gasteiger partial charge is 0.481 e. The lowest BCUT2D eigenvalue weighted by atomic mass is 10.3. The minimum absolute atomic E-state index is 0.267. The predicted octanol–water partition coefficient (Wildman–Crippen LogP) is 1.97. The molecular formula is C10H8Cl2O4. The van der Waals surface area contributed by atoms with Gasteiger partial charge in [-0.15, -0.1) is 0 Å². The second kappa shape index (κ2) is 6.35. The minimum atomic E-state index is -0.622. The molecule has 0 amide bonds. The molecule has 0 radical (unpaired) electrons. The van der Waals surface area contributed by atoms with Crippen LogP contribution in [-0.4, -0.2) is 23.7 Å². The van der Waals surface area contributed by atoms with E-state index in [0.717, 1.165) is 0 Å². The molecule has 0 aliphatic heterocycles. The van der Waals surface area contributed by atoms with Gasteiger partial charge in [0.2, 0.25) is 0 Å². The first-order valence-electron chi connectivity index (χ1n) is 4.31. The molecule has 1 aromatic rings. The quantitative estimate of drug-likeness (QED) is 0.736. The fourth-order valence-corrected chi connectivity index (χ4v) is 1.07. The number of ether oxygens (including phenoxy) is 2. The topological polar surface area (TPSA) is 52.6 Å². The maximum atomic E-state index is 10.5. The van der Waals surface area contributed by atoms with Crippen LogP contribution in [0.2, 0.25) is 0 Å². The van der Waals surface area contributed by atoms with Crippen molar-refractivity contribution in [3.8, 4) is 11.5 Å². The molecule has 0 heterocycles. The standard InChI is InChI=1S/C10H8Cl2O4/c11-9(13)5-15-7-3-1-2-4-8(7)16-6-10(12)14/h1-4H,5-6H2. The summed E-state index contributed by atoms with van der Waals surface area (Å²) in [6, 6.07) is 6.58. The van der Waals surface area contributed by atoms with Crippen LogP contribution in [0.15, 0.2) is 24.3 Å². The van der Waals surface area contributed by atoms with Gasteiger partial charge < -0.3 is 9.47 Å². The van der Waals surface area contributed by atoms with E-state index >= 15 is 0 Å². The average Bonchev–Trinajstić information content (AvgIpc) is 2.24. The highest BCUT2D eigenvalue weighted by atomic mass is 35.5. The lowest BCUT2D eigenvalue weighted by molar-refractivity contribution is -0.114. The lowest BCUT2D eigenvalue weighted by Crippen LogP contribution is -2.08. The molecule has 0 aromatic heterocycles. The van der Waals surface area contributed by atoms with Gasteiger partial charge in [0, 0.05) is 0 Å². The fourth-order valence-electron chi connectivity index (χ4n) is 0.958. The van der Waals surface area contributed by atoms with Crippen molar-refractivity contribution >= 4 is 33.7 Å². The zero-order chi connectivity index (χ0) is 12.0. The molecule has 0 atom stereocenters. The molecule has 0 unspecified atom stereocenters. The van der Waals surface area contributed by atoms with Crippen LogP contribution in [0.5, 0.6) is 11.5 Å². The molecule has 1 rings (SSSR count). The second-order valence-corrected chi connectivity index (χ2v) is 3.58. The summed E-state index contributed by atoms with van der Waals surface area (Å²) in [7, 11) is 0. The predicted molar refractivity (Wildman–Crippen MR) is 59.2 cm³/mol. The van der Waals surface area contributed by atoms with Crippen LogP contribution in [-0.2, 0) is 9.59 Å². The normalized spacial score (nSPS) is 9.62. The number of hydrogen-bond acceptors (Lipinski definition) is 4. The molecule has 0 fully saturated rings. The molecule has 0 aliphatic rings. The van der Waals surface area contributed by atoms with E-state index in [4.69, 9.17) is 32.7 Å². The molecule has 0 aliphatic carbocycles. The Morgan fingerprint density at radius 2 is 1.31 bits per heavy atom. The first-order valence-corrected chi connectivity index (χ1v) is 5.06. The van der Waals surface area contributed by atoms with Crippen LogP contribution in [0, 0.1) is 0 Å². The Bertz CT molecular complexity index is 355. The van der Waals surface area contributed by atoms with Gasteiger partial charge in [-0.05, 0) is 35.3 Å². The number of benzene rings is 1. The third-order valence-electron chi connectivity index (χ3n) is 1.53. The number of carbonyl (C=O) groups excluding carboxylic acids is 2. The van der Waals surface area contributed by atoms with E-state index < -0.39 is 10.5 Å². The highest BCUT2D eigenvalue weighted by molar-refractivity contribution is 6.64. The minimum Gasteiger partial charge on any atom is -0.481 e. The SMILES string of the molecule is O=C(Cl)COc1ccccc1OCC(=O)Cl. The molecule has 0 saturated heterocycles. The molecule has 1 aromatic carbocycles. The van der Waals surface area contributed by atoms with Gasteiger partial charge in [-0.2, -0.15) is 0 Å². The van der Waals surface area contributed by atoms with Gasteiger partial charge in [-0.3, -0.25) is 9.59 Å². The number of carbonyl (C=O) groups is 2. The summed E-state index contributed by atoms with van der Waals surface area (Å²) < 4.78 is 10.1. The number of rotatable bonds is 6. The van der Waals surface area contributed by atoms with Crippen LogP contribution >= 0.6 is 23.2 Å². The third-order valence-corrected chi connectivity index (χ3v) is 1.75. The smallest absolute Gasteiger partial charge is 0.259 e. The van der Waals surface area contributed by atoms with Crippen molar-refractivity contribution in [2.45, 2.75) is 0 Å². The number of hydrogen-bond donors (Lipinski definition) is 0. The Hall–Kier alpha value is -1.26. The summed E-state index contributed by atoms with van der Waals surface area (Å²) >= 11 is 10.3. The van der Waals surface area contributed by atoms with Crippen molar-refractivity contribution < 1.29 is 19.1 Å². The Balaban J connectivity index is 2.67. The van der Waals surface area contributed by atoms with E-state index in [1.807, 2.05) is 0 Å². The highest BCUT2D eigenvalue weighted by Gasteiger charge is 2.07. The van der Waals surface area contributed by atoms with Crippen molar-refractivity contribution in [1.29, 1.82) is 0 Å². The number of para-hydroxylation sites is 2. The van der Waals surface area contributed by atoms with Crippen LogP contribution in [0.4, 0.5) is 0 Å². The van der Waals surface area contributed by atoms with Crippen molar-refractivity contribution in [2.75, 3.05) is 13.2 Å². The second-order valence-electron chi connectivity index (χ2n) is 2.73. The lowest BCUT2D eigenvalue weighted by Gasteiger charge is -2.09. The van der Waals surface area contributed by atoms with Crippen molar-refractivity contribution in [1.82, 2.24) is 0 Å². The monoisotopic (exact) mass is 262 g/mol. The Labute approximate surface area is 102 Å². The fraction of sp³-hybridized carbons (Fsp3) is 0.200. The van der Waals surface area contributed by atoms with Crippen LogP contribution < -0.4 is 9.47 Å². The molecule has 0 bridgehead atoms. The summed E-state index contributed by atoms with van der Waals surface area (Å²) in [5, 5.41) is -1.24. The van der Waals surface area contributed by atoms with Crippen molar-refractivity contribution in [3.05, 3.63) is 24.3 Å². The first-order chi connectivity index (χ1) is 7.59. The van der Waals surface area contributed by atoms with E-state index in [1.54, 1.807) is 24.3 Å². The van der Waals surface area contributed by atoms with Gasteiger partial charge in [0.15, 0.2) is 24.7 Å². The Kier molecular flexibility index (Phi) is 5.08. The van der Waals surface area contributed by atoms with Gasteiger partial charge in [-0.1, -0.05) is 12.1 Å². The van der Waals surface area contributed by atoms with Gasteiger partial charge >= 0.3 is 0 Å². The van der Waals surface area contributed by atoms with Gasteiger partial charge in [-0.25, -0.2) is 0 Å². The Morgan fingerprint density at radius 1 is 0.938 bits per heavy atom. The molecule has 0 N–H and O–H groups in total. The Morgan fingerprint density at radius 3 is 1.62 bits per heavy atom. The molecule has 0 spiro atoms. The highest BCUT2D eigenvalue weighted by Crippen LogP contribution is 2.26. The van der Waals surface area contributed by atoms with Crippen LogP contribution in [0.1, 0.15) is 0 Å². The summed E-state index contributed by atoms with van der Waals surface area (Å²) in [5.74, 6) is 0.656. The van der Waals surface area contributed by atoms with Crippen molar-refractivity contribution in [2.24, 2.45) is 0 Å². The van der Waals surface area contributed by atoms with E-state index in [1.165, 1.54) is 0 Å². The molecule has 16 heavy (non-hydrogen) atoms. The van der Waals surface area contributed by atoms with E-state index in [0.29, 0.717) is 11.5 Å².